The fourth-order valence-corrected chi connectivity index (χ4v) is 4.86. The molecule has 0 unspecified atom stereocenters. The van der Waals surface area contributed by atoms with Gasteiger partial charge in [-0.1, -0.05) is 44.9 Å². The predicted molar refractivity (Wildman–Crippen MR) is 127 cm³/mol. The third-order valence-corrected chi connectivity index (χ3v) is 7.33. The van der Waals surface area contributed by atoms with Crippen LogP contribution in [0.25, 0.3) is 11.0 Å². The van der Waals surface area contributed by atoms with Crippen molar-refractivity contribution in [3.05, 3.63) is 69.6 Å². The van der Waals surface area contributed by atoms with Crippen LogP contribution < -0.4 is 15.1 Å². The second-order valence-corrected chi connectivity index (χ2v) is 9.94. The zero-order chi connectivity index (χ0) is 24.3. The molecule has 3 rings (SSSR count). The number of aryl methyl sites for hydroxylation is 3. The molecule has 0 amide bonds. The monoisotopic (exact) mass is 471 g/mol. The van der Waals surface area contributed by atoms with Crippen molar-refractivity contribution < 1.29 is 22.4 Å². The Hall–Kier alpha value is -2.97. The van der Waals surface area contributed by atoms with Gasteiger partial charge in [-0.2, -0.15) is 4.72 Å². The van der Waals surface area contributed by atoms with E-state index < -0.39 is 27.7 Å². The number of ether oxygens (including phenoxy) is 1. The highest BCUT2D eigenvalue weighted by Gasteiger charge is 2.32. The Morgan fingerprint density at radius 3 is 2.36 bits per heavy atom. The number of hydrogen-bond donors (Lipinski definition) is 1. The second kappa shape index (κ2) is 9.89. The SMILES string of the molecule is CCc1cc(=O)oc2c(C)c(OC(=O)[C@H](NS(=O)(=O)c3ccc(C)cc3)[C@@H](C)CC)ccc12. The van der Waals surface area contributed by atoms with Crippen LogP contribution in [0.15, 0.2) is 56.6 Å². The van der Waals surface area contributed by atoms with Gasteiger partial charge in [0.25, 0.3) is 0 Å². The molecule has 0 aliphatic carbocycles. The van der Waals surface area contributed by atoms with Crippen LogP contribution in [0, 0.1) is 19.8 Å². The summed E-state index contributed by atoms with van der Waals surface area (Å²) in [5.74, 6) is -0.827. The number of nitrogens with one attached hydrogen (secondary N) is 1. The molecule has 0 saturated heterocycles. The summed E-state index contributed by atoms with van der Waals surface area (Å²) in [5, 5.41) is 0.771. The van der Waals surface area contributed by atoms with E-state index in [1.54, 1.807) is 38.1 Å². The van der Waals surface area contributed by atoms with Gasteiger partial charge in [-0.05, 0) is 56.0 Å². The van der Waals surface area contributed by atoms with Gasteiger partial charge in [0.1, 0.15) is 17.4 Å². The zero-order valence-electron chi connectivity index (χ0n) is 19.5. The largest absolute Gasteiger partial charge is 0.425 e. The number of hydrogen-bond acceptors (Lipinski definition) is 6. The first-order valence-corrected chi connectivity index (χ1v) is 12.4. The number of sulfonamides is 1. The van der Waals surface area contributed by atoms with Crippen molar-refractivity contribution in [1.82, 2.24) is 4.72 Å². The maximum atomic E-state index is 13.1. The van der Waals surface area contributed by atoms with Gasteiger partial charge in [0.15, 0.2) is 0 Å². The number of benzene rings is 2. The van der Waals surface area contributed by atoms with Gasteiger partial charge < -0.3 is 9.15 Å². The molecule has 2 aromatic carbocycles. The summed E-state index contributed by atoms with van der Waals surface area (Å²) in [4.78, 5) is 25.1. The molecule has 0 aliphatic rings. The van der Waals surface area contributed by atoms with Gasteiger partial charge in [-0.25, -0.2) is 18.0 Å². The zero-order valence-corrected chi connectivity index (χ0v) is 20.3. The average Bonchev–Trinajstić information content (AvgIpc) is 2.78. The molecule has 2 atom stereocenters. The molecule has 0 radical (unpaired) electrons. The highest BCUT2D eigenvalue weighted by molar-refractivity contribution is 7.89. The molecule has 0 spiro atoms. The number of carbonyl (C=O) groups excluding carboxylic acids is 1. The minimum Gasteiger partial charge on any atom is -0.425 e. The average molecular weight is 472 g/mol. The van der Waals surface area contributed by atoms with Crippen molar-refractivity contribution in [2.24, 2.45) is 5.92 Å². The van der Waals surface area contributed by atoms with E-state index in [4.69, 9.17) is 9.15 Å². The first-order valence-electron chi connectivity index (χ1n) is 10.9. The second-order valence-electron chi connectivity index (χ2n) is 8.23. The van der Waals surface area contributed by atoms with Crippen molar-refractivity contribution in [2.45, 2.75) is 58.4 Å². The normalized spacial score (nSPS) is 13.6. The number of carbonyl (C=O) groups is 1. The van der Waals surface area contributed by atoms with E-state index in [1.165, 1.54) is 18.2 Å². The Balaban J connectivity index is 1.93. The van der Waals surface area contributed by atoms with Gasteiger partial charge >= 0.3 is 11.6 Å². The highest BCUT2D eigenvalue weighted by atomic mass is 32.2. The highest BCUT2D eigenvalue weighted by Crippen LogP contribution is 2.29. The minimum absolute atomic E-state index is 0.0740. The molecule has 1 aromatic heterocycles. The summed E-state index contributed by atoms with van der Waals surface area (Å²) in [7, 11) is -3.94. The Bertz CT molecular complexity index is 1330. The minimum atomic E-state index is -3.94. The molecular weight excluding hydrogens is 442 g/mol. The van der Waals surface area contributed by atoms with Crippen molar-refractivity contribution in [3.8, 4) is 5.75 Å². The molecule has 0 fully saturated rings. The summed E-state index contributed by atoms with van der Waals surface area (Å²) in [6.07, 6.45) is 1.21. The number of esters is 1. The molecule has 0 bridgehead atoms. The lowest BCUT2D eigenvalue weighted by Crippen LogP contribution is -2.47. The van der Waals surface area contributed by atoms with Gasteiger partial charge in [-0.3, -0.25) is 0 Å². The maximum absolute atomic E-state index is 13.1. The van der Waals surface area contributed by atoms with Gasteiger partial charge in [-0.15, -0.1) is 0 Å². The van der Waals surface area contributed by atoms with Crippen molar-refractivity contribution in [2.75, 3.05) is 0 Å². The van der Waals surface area contributed by atoms with E-state index in [0.717, 1.165) is 16.5 Å². The van der Waals surface area contributed by atoms with E-state index in [-0.39, 0.29) is 16.6 Å². The van der Waals surface area contributed by atoms with E-state index in [9.17, 15) is 18.0 Å². The molecule has 0 aliphatic heterocycles. The van der Waals surface area contributed by atoms with Crippen molar-refractivity contribution >= 4 is 27.0 Å². The topological polar surface area (TPSA) is 103 Å². The fourth-order valence-electron chi connectivity index (χ4n) is 3.57. The summed E-state index contributed by atoms with van der Waals surface area (Å²) >= 11 is 0. The van der Waals surface area contributed by atoms with Crippen LogP contribution in [0.5, 0.6) is 5.75 Å². The molecule has 1 heterocycles. The third kappa shape index (κ3) is 5.34. The van der Waals surface area contributed by atoms with E-state index >= 15 is 0 Å². The molecular formula is C25H29NO6S. The summed E-state index contributed by atoms with van der Waals surface area (Å²) in [6, 6.07) is 10.1. The van der Waals surface area contributed by atoms with E-state index in [1.807, 2.05) is 20.8 Å². The first-order chi connectivity index (χ1) is 15.6. The quantitative estimate of drug-likeness (QED) is 0.299. The van der Waals surface area contributed by atoms with Crippen LogP contribution in [0.4, 0.5) is 0 Å². The lowest BCUT2D eigenvalue weighted by atomic mass is 10.0. The molecule has 3 aromatic rings. The van der Waals surface area contributed by atoms with Crippen molar-refractivity contribution in [1.29, 1.82) is 0 Å². The summed E-state index contributed by atoms with van der Waals surface area (Å²) in [5.41, 5.74) is 2.14. The third-order valence-electron chi connectivity index (χ3n) is 5.87. The predicted octanol–water partition coefficient (Wildman–Crippen LogP) is 4.27. The Kier molecular flexibility index (Phi) is 7.39. The Morgan fingerprint density at radius 2 is 1.76 bits per heavy atom. The first kappa shape index (κ1) is 24.7. The summed E-state index contributed by atoms with van der Waals surface area (Å²) < 4.78 is 39.3. The molecule has 0 saturated carbocycles. The number of fused-ring (bicyclic) bond motifs is 1. The van der Waals surface area contributed by atoms with E-state index in [2.05, 4.69) is 4.72 Å². The Labute approximate surface area is 193 Å². The lowest BCUT2D eigenvalue weighted by molar-refractivity contribution is -0.137. The molecule has 176 valence electrons. The van der Waals surface area contributed by atoms with E-state index in [0.29, 0.717) is 24.0 Å². The van der Waals surface area contributed by atoms with Gasteiger partial charge in [0.2, 0.25) is 10.0 Å². The fraction of sp³-hybridized carbons (Fsp3) is 0.360. The van der Waals surface area contributed by atoms with Crippen LogP contribution in [0.3, 0.4) is 0 Å². The lowest BCUT2D eigenvalue weighted by Gasteiger charge is -2.23. The number of rotatable bonds is 8. The van der Waals surface area contributed by atoms with Crippen LogP contribution in [-0.4, -0.2) is 20.4 Å². The van der Waals surface area contributed by atoms with Crippen LogP contribution >= 0.6 is 0 Å². The Morgan fingerprint density at radius 1 is 1.09 bits per heavy atom. The molecule has 1 N–H and O–H groups in total. The van der Waals surface area contributed by atoms with Crippen LogP contribution in [-0.2, 0) is 21.2 Å². The maximum Gasteiger partial charge on any atom is 0.336 e. The molecule has 8 heteroatoms. The smallest absolute Gasteiger partial charge is 0.336 e. The van der Waals surface area contributed by atoms with Gasteiger partial charge in [0.05, 0.1) is 4.90 Å². The molecule has 7 nitrogen and oxygen atoms in total. The molecule has 33 heavy (non-hydrogen) atoms. The van der Waals surface area contributed by atoms with Crippen molar-refractivity contribution in [3.63, 3.8) is 0 Å². The van der Waals surface area contributed by atoms with Crippen LogP contribution in [0.1, 0.15) is 43.9 Å². The van der Waals surface area contributed by atoms with Crippen LogP contribution in [0.2, 0.25) is 0 Å². The standard InChI is InChI=1S/C25H29NO6S/c1-6-16(4)23(26-33(29,30)19-10-8-15(3)9-11-19)25(28)31-21-13-12-20-18(7-2)14-22(27)32-24(20)17(21)5/h8-14,16,23,26H,6-7H2,1-5H3/t16-,23+/m0/s1. The summed E-state index contributed by atoms with van der Waals surface area (Å²) in [6.45, 7) is 9.15. The van der Waals surface area contributed by atoms with Gasteiger partial charge in [0, 0.05) is 17.0 Å².